The number of nitrogens with zero attached hydrogens (tertiary/aromatic N) is 3. The van der Waals surface area contributed by atoms with E-state index in [4.69, 9.17) is 9.47 Å². The summed E-state index contributed by atoms with van der Waals surface area (Å²) < 4.78 is 10.7. The van der Waals surface area contributed by atoms with E-state index < -0.39 is 0 Å². The lowest BCUT2D eigenvalue weighted by Gasteiger charge is -2.22. The van der Waals surface area contributed by atoms with Crippen molar-refractivity contribution >= 4 is 23.1 Å². The minimum atomic E-state index is 0.500. The summed E-state index contributed by atoms with van der Waals surface area (Å²) in [4.78, 5) is 11.1. The highest BCUT2D eigenvalue weighted by Crippen LogP contribution is 2.31. The van der Waals surface area contributed by atoms with Gasteiger partial charge in [0.25, 0.3) is 0 Å². The molecule has 3 aromatic rings. The zero-order valence-electron chi connectivity index (χ0n) is 15.1. The Balaban J connectivity index is 1.88. The maximum absolute atomic E-state index is 5.42. The Morgan fingerprint density at radius 2 is 1.81 bits per heavy atom. The van der Waals surface area contributed by atoms with E-state index in [1.165, 1.54) is 0 Å². The topological polar surface area (TPSA) is 59.5 Å². The molecule has 6 heteroatoms. The van der Waals surface area contributed by atoms with Crippen molar-refractivity contribution in [2.45, 2.75) is 6.92 Å². The van der Waals surface area contributed by atoms with Crippen LogP contribution in [0.5, 0.6) is 11.5 Å². The lowest BCUT2D eigenvalue weighted by atomic mass is 10.2. The van der Waals surface area contributed by atoms with Crippen molar-refractivity contribution < 1.29 is 9.47 Å². The van der Waals surface area contributed by atoms with Crippen molar-refractivity contribution in [3.63, 3.8) is 0 Å². The van der Waals surface area contributed by atoms with Gasteiger partial charge in [0.05, 0.1) is 19.9 Å². The van der Waals surface area contributed by atoms with Gasteiger partial charge < -0.3 is 19.7 Å². The van der Waals surface area contributed by atoms with Crippen molar-refractivity contribution in [3.05, 3.63) is 60.8 Å². The van der Waals surface area contributed by atoms with Crippen molar-refractivity contribution in [3.8, 4) is 11.5 Å². The highest BCUT2D eigenvalue weighted by atomic mass is 16.5. The van der Waals surface area contributed by atoms with Crippen LogP contribution in [0.15, 0.2) is 60.8 Å². The molecule has 2 aromatic carbocycles. The number of aromatic nitrogens is 2. The molecule has 1 aromatic heterocycles. The average Bonchev–Trinajstić information content (AvgIpc) is 2.70. The molecule has 0 atom stereocenters. The second-order valence-electron chi connectivity index (χ2n) is 5.51. The fourth-order valence-electron chi connectivity index (χ4n) is 2.67. The Morgan fingerprint density at radius 1 is 1.00 bits per heavy atom. The van der Waals surface area contributed by atoms with Crippen LogP contribution in [0.2, 0.25) is 0 Å². The standard InChI is InChI=1S/C20H22N4O2/c1-4-24(15-8-6-5-7-9-15)19-12-13-21-20(23-19)22-17-11-10-16(25-2)14-18(17)26-3/h5-14H,4H2,1-3H3,(H,21,22,23). The number of ether oxygens (including phenoxy) is 2. The Labute approximate surface area is 153 Å². The monoisotopic (exact) mass is 350 g/mol. The summed E-state index contributed by atoms with van der Waals surface area (Å²) in [7, 11) is 3.24. The Kier molecular flexibility index (Phi) is 5.53. The molecule has 26 heavy (non-hydrogen) atoms. The molecule has 6 nitrogen and oxygen atoms in total. The van der Waals surface area contributed by atoms with E-state index >= 15 is 0 Å². The van der Waals surface area contributed by atoms with Crippen LogP contribution < -0.4 is 19.7 Å². The van der Waals surface area contributed by atoms with Gasteiger partial charge in [-0.25, -0.2) is 4.98 Å². The molecule has 3 rings (SSSR count). The second-order valence-corrected chi connectivity index (χ2v) is 5.51. The van der Waals surface area contributed by atoms with Crippen LogP contribution in [0, 0.1) is 0 Å². The smallest absolute Gasteiger partial charge is 0.229 e. The van der Waals surface area contributed by atoms with E-state index in [0.717, 1.165) is 29.5 Å². The fraction of sp³-hybridized carbons (Fsp3) is 0.200. The third kappa shape index (κ3) is 3.85. The molecule has 0 fully saturated rings. The second kappa shape index (κ2) is 8.20. The van der Waals surface area contributed by atoms with E-state index in [1.54, 1.807) is 20.4 Å². The molecule has 0 amide bonds. The zero-order valence-corrected chi connectivity index (χ0v) is 15.1. The van der Waals surface area contributed by atoms with Crippen molar-refractivity contribution in [1.82, 2.24) is 9.97 Å². The van der Waals surface area contributed by atoms with Crippen LogP contribution in [-0.2, 0) is 0 Å². The molecule has 0 spiro atoms. The first-order valence-corrected chi connectivity index (χ1v) is 8.40. The van der Waals surface area contributed by atoms with Gasteiger partial charge in [0.2, 0.25) is 5.95 Å². The number of nitrogens with one attached hydrogen (secondary N) is 1. The molecule has 0 radical (unpaired) electrons. The summed E-state index contributed by atoms with van der Waals surface area (Å²) in [5.41, 5.74) is 1.86. The molecular formula is C20H22N4O2. The Bertz CT molecular complexity index is 855. The van der Waals surface area contributed by atoms with Crippen molar-refractivity contribution in [2.24, 2.45) is 0 Å². The maximum Gasteiger partial charge on any atom is 0.229 e. The van der Waals surface area contributed by atoms with Crippen molar-refractivity contribution in [1.29, 1.82) is 0 Å². The van der Waals surface area contributed by atoms with Crippen LogP contribution in [0.4, 0.5) is 23.1 Å². The highest BCUT2D eigenvalue weighted by Gasteiger charge is 2.11. The van der Waals surface area contributed by atoms with Gasteiger partial charge in [-0.1, -0.05) is 18.2 Å². The van der Waals surface area contributed by atoms with E-state index in [1.807, 2.05) is 42.5 Å². The van der Waals surface area contributed by atoms with Gasteiger partial charge in [0.1, 0.15) is 17.3 Å². The summed E-state index contributed by atoms with van der Waals surface area (Å²) in [5.74, 6) is 2.71. The van der Waals surface area contributed by atoms with Gasteiger partial charge in [-0.15, -0.1) is 0 Å². The van der Waals surface area contributed by atoms with Crippen LogP contribution in [0.3, 0.4) is 0 Å². The highest BCUT2D eigenvalue weighted by molar-refractivity contribution is 5.66. The molecule has 0 aliphatic rings. The summed E-state index contributed by atoms with van der Waals surface area (Å²) in [5, 5.41) is 3.22. The third-order valence-corrected chi connectivity index (χ3v) is 3.96. The molecule has 1 heterocycles. The quantitative estimate of drug-likeness (QED) is 0.682. The molecule has 0 saturated heterocycles. The van der Waals surface area contributed by atoms with Crippen LogP contribution in [-0.4, -0.2) is 30.7 Å². The first-order chi connectivity index (χ1) is 12.7. The van der Waals surface area contributed by atoms with Gasteiger partial charge >= 0.3 is 0 Å². The lowest BCUT2D eigenvalue weighted by Crippen LogP contribution is -2.17. The van der Waals surface area contributed by atoms with Gasteiger partial charge in [-0.2, -0.15) is 4.98 Å². The normalized spacial score (nSPS) is 10.3. The minimum absolute atomic E-state index is 0.500. The zero-order chi connectivity index (χ0) is 18.4. The predicted octanol–water partition coefficient (Wildman–Crippen LogP) is 4.40. The van der Waals surface area contributed by atoms with Crippen molar-refractivity contribution in [2.75, 3.05) is 31.0 Å². The molecule has 134 valence electrons. The summed E-state index contributed by atoms with van der Waals surface area (Å²) in [6.07, 6.45) is 1.74. The largest absolute Gasteiger partial charge is 0.497 e. The number of rotatable bonds is 7. The molecule has 0 unspecified atom stereocenters. The van der Waals surface area contributed by atoms with Gasteiger partial charge in [0.15, 0.2) is 0 Å². The van der Waals surface area contributed by atoms with Gasteiger partial charge in [-0.3, -0.25) is 0 Å². The van der Waals surface area contributed by atoms with E-state index in [0.29, 0.717) is 11.7 Å². The number of hydrogen-bond acceptors (Lipinski definition) is 6. The number of anilines is 4. The first-order valence-electron chi connectivity index (χ1n) is 8.40. The van der Waals surface area contributed by atoms with Crippen LogP contribution in [0.25, 0.3) is 0 Å². The lowest BCUT2D eigenvalue weighted by molar-refractivity contribution is 0.395. The summed E-state index contributed by atoms with van der Waals surface area (Å²) >= 11 is 0. The van der Waals surface area contributed by atoms with Gasteiger partial charge in [0, 0.05) is 24.5 Å². The van der Waals surface area contributed by atoms with Crippen LogP contribution >= 0.6 is 0 Å². The first kappa shape index (κ1) is 17.5. The maximum atomic E-state index is 5.42. The van der Waals surface area contributed by atoms with E-state index in [-0.39, 0.29) is 0 Å². The molecule has 0 aliphatic heterocycles. The van der Waals surface area contributed by atoms with Gasteiger partial charge in [-0.05, 0) is 37.3 Å². The van der Waals surface area contributed by atoms with Crippen LogP contribution in [0.1, 0.15) is 6.92 Å². The molecule has 1 N–H and O–H groups in total. The Morgan fingerprint density at radius 3 is 2.50 bits per heavy atom. The number of methoxy groups -OCH3 is 2. The molecule has 0 saturated carbocycles. The van der Waals surface area contributed by atoms with E-state index in [9.17, 15) is 0 Å². The number of benzene rings is 2. The average molecular weight is 350 g/mol. The number of para-hydroxylation sites is 1. The predicted molar refractivity (Wildman–Crippen MR) is 104 cm³/mol. The Hall–Kier alpha value is -3.28. The molecular weight excluding hydrogens is 328 g/mol. The molecule has 0 bridgehead atoms. The third-order valence-electron chi connectivity index (χ3n) is 3.96. The fourth-order valence-corrected chi connectivity index (χ4v) is 2.67. The number of hydrogen-bond donors (Lipinski definition) is 1. The summed E-state index contributed by atoms with van der Waals surface area (Å²) in [6.45, 7) is 2.89. The SMILES string of the molecule is CCN(c1ccccc1)c1ccnc(Nc2ccc(OC)cc2OC)n1. The molecule has 0 aliphatic carbocycles. The van der Waals surface area contributed by atoms with E-state index in [2.05, 4.69) is 39.2 Å². The minimum Gasteiger partial charge on any atom is -0.497 e. The summed E-state index contributed by atoms with van der Waals surface area (Å²) in [6, 6.07) is 17.6.